The molecule has 1 aromatic carbocycles. The van der Waals surface area contributed by atoms with Crippen LogP contribution in [0.15, 0.2) is 18.2 Å². The van der Waals surface area contributed by atoms with Gasteiger partial charge in [-0.05, 0) is 42.5 Å². The van der Waals surface area contributed by atoms with E-state index in [4.69, 9.17) is 10.5 Å². The summed E-state index contributed by atoms with van der Waals surface area (Å²) in [6, 6.07) is 6.21. The molecule has 1 aliphatic carbocycles. The van der Waals surface area contributed by atoms with Gasteiger partial charge in [0.1, 0.15) is 5.75 Å². The van der Waals surface area contributed by atoms with Crippen molar-refractivity contribution < 1.29 is 9.53 Å². The highest BCUT2D eigenvalue weighted by Gasteiger charge is 2.17. The number of rotatable bonds is 4. The zero-order chi connectivity index (χ0) is 13.8. The minimum absolute atomic E-state index is 0.0784. The van der Waals surface area contributed by atoms with Gasteiger partial charge in [-0.15, -0.1) is 0 Å². The Balaban J connectivity index is 1.95. The number of nitrogens with zero attached hydrogens (tertiary/aromatic N) is 1. The van der Waals surface area contributed by atoms with E-state index in [1.54, 1.807) is 19.0 Å². The molecule has 0 fully saturated rings. The Morgan fingerprint density at radius 1 is 1.47 bits per heavy atom. The van der Waals surface area contributed by atoms with Crippen molar-refractivity contribution in [1.82, 2.24) is 4.90 Å². The smallest absolute Gasteiger partial charge is 0.225 e. The molecule has 4 heteroatoms. The molecule has 104 valence electrons. The molecule has 0 saturated heterocycles. The van der Waals surface area contributed by atoms with Crippen molar-refractivity contribution in [3.05, 3.63) is 29.3 Å². The molecule has 0 unspecified atom stereocenters. The predicted molar refractivity (Wildman–Crippen MR) is 75.1 cm³/mol. The van der Waals surface area contributed by atoms with E-state index in [-0.39, 0.29) is 11.9 Å². The van der Waals surface area contributed by atoms with Gasteiger partial charge in [-0.3, -0.25) is 4.79 Å². The molecule has 0 spiro atoms. The summed E-state index contributed by atoms with van der Waals surface area (Å²) in [6.45, 7) is 0.408. The monoisotopic (exact) mass is 262 g/mol. The molecule has 0 saturated carbocycles. The van der Waals surface area contributed by atoms with Crippen LogP contribution < -0.4 is 10.5 Å². The maximum absolute atomic E-state index is 11.4. The quantitative estimate of drug-likeness (QED) is 0.901. The zero-order valence-electron chi connectivity index (χ0n) is 11.7. The van der Waals surface area contributed by atoms with Crippen molar-refractivity contribution in [2.45, 2.75) is 31.7 Å². The van der Waals surface area contributed by atoms with Gasteiger partial charge in [0.05, 0.1) is 13.0 Å². The number of hydrogen-bond donors (Lipinski definition) is 1. The third kappa shape index (κ3) is 3.47. The van der Waals surface area contributed by atoms with E-state index in [0.717, 1.165) is 25.0 Å². The minimum atomic E-state index is 0.0784. The number of carbonyl (C=O) groups excluding carboxylic acids is 1. The van der Waals surface area contributed by atoms with Gasteiger partial charge in [0.2, 0.25) is 5.91 Å². The number of amides is 1. The summed E-state index contributed by atoms with van der Waals surface area (Å²) in [5.74, 6) is 0.886. The van der Waals surface area contributed by atoms with Crippen molar-refractivity contribution in [2.24, 2.45) is 5.73 Å². The van der Waals surface area contributed by atoms with Crippen molar-refractivity contribution in [2.75, 3.05) is 20.7 Å². The minimum Gasteiger partial charge on any atom is -0.493 e. The van der Waals surface area contributed by atoms with Gasteiger partial charge in [0.15, 0.2) is 0 Å². The highest BCUT2D eigenvalue weighted by atomic mass is 16.5. The number of nitrogens with two attached hydrogens (primary N) is 1. The summed E-state index contributed by atoms with van der Waals surface area (Å²) >= 11 is 0. The Morgan fingerprint density at radius 2 is 2.26 bits per heavy atom. The molecule has 0 bridgehead atoms. The van der Waals surface area contributed by atoms with Crippen LogP contribution in [0, 0.1) is 0 Å². The van der Waals surface area contributed by atoms with Crippen LogP contribution in [0.1, 0.15) is 36.4 Å². The van der Waals surface area contributed by atoms with E-state index in [9.17, 15) is 4.79 Å². The topological polar surface area (TPSA) is 55.6 Å². The molecule has 1 amide bonds. The van der Waals surface area contributed by atoms with Crippen LogP contribution in [0.3, 0.4) is 0 Å². The fourth-order valence-electron chi connectivity index (χ4n) is 2.38. The second kappa shape index (κ2) is 6.06. The first kappa shape index (κ1) is 13.9. The molecule has 1 aromatic rings. The van der Waals surface area contributed by atoms with Gasteiger partial charge in [-0.1, -0.05) is 6.07 Å². The largest absolute Gasteiger partial charge is 0.493 e. The van der Waals surface area contributed by atoms with E-state index in [1.807, 2.05) is 12.1 Å². The van der Waals surface area contributed by atoms with Crippen LogP contribution in [0.25, 0.3) is 0 Å². The molecule has 0 heterocycles. The molecule has 19 heavy (non-hydrogen) atoms. The molecule has 2 N–H and O–H groups in total. The second-order valence-corrected chi connectivity index (χ2v) is 5.25. The summed E-state index contributed by atoms with van der Waals surface area (Å²) in [4.78, 5) is 13.0. The summed E-state index contributed by atoms with van der Waals surface area (Å²) in [5, 5.41) is 0. The number of carbonyl (C=O) groups is 1. The molecule has 4 nitrogen and oxygen atoms in total. The second-order valence-electron chi connectivity index (χ2n) is 5.25. The molecular weight excluding hydrogens is 240 g/mol. The highest BCUT2D eigenvalue weighted by molar-refractivity contribution is 5.75. The van der Waals surface area contributed by atoms with Gasteiger partial charge in [0, 0.05) is 20.1 Å². The number of hydrogen-bond acceptors (Lipinski definition) is 3. The van der Waals surface area contributed by atoms with Crippen molar-refractivity contribution in [3.63, 3.8) is 0 Å². The lowest BCUT2D eigenvalue weighted by atomic mass is 9.88. The highest BCUT2D eigenvalue weighted by Crippen LogP contribution is 2.30. The van der Waals surface area contributed by atoms with Crippen LogP contribution in [0.5, 0.6) is 5.75 Å². The summed E-state index contributed by atoms with van der Waals surface area (Å²) in [7, 11) is 3.50. The van der Waals surface area contributed by atoms with Crippen molar-refractivity contribution in [1.29, 1.82) is 0 Å². The average molecular weight is 262 g/mol. The average Bonchev–Trinajstić information content (AvgIpc) is 2.39. The molecule has 0 aromatic heterocycles. The first-order chi connectivity index (χ1) is 9.08. The molecular formula is C15H22N2O2. The standard InChI is InChI=1S/C15H22N2O2/c1-17(2)15(18)8-9-19-12-7-6-11-4-3-5-14(16)13(11)10-12/h6-7,10,14H,3-5,8-9,16H2,1-2H3/t14-/m0/s1. The Labute approximate surface area is 114 Å². The lowest BCUT2D eigenvalue weighted by Crippen LogP contribution is -2.23. The van der Waals surface area contributed by atoms with Crippen molar-refractivity contribution in [3.8, 4) is 5.75 Å². The number of ether oxygens (including phenoxy) is 1. The first-order valence-electron chi connectivity index (χ1n) is 6.79. The number of benzene rings is 1. The van der Waals surface area contributed by atoms with Gasteiger partial charge < -0.3 is 15.4 Å². The van der Waals surface area contributed by atoms with Crippen LogP contribution in [0.2, 0.25) is 0 Å². The summed E-state index contributed by atoms with van der Waals surface area (Å²) in [6.07, 6.45) is 3.69. The lowest BCUT2D eigenvalue weighted by Gasteiger charge is -2.22. The molecule has 2 rings (SSSR count). The fourth-order valence-corrected chi connectivity index (χ4v) is 2.38. The molecule has 1 atom stereocenters. The van der Waals surface area contributed by atoms with Crippen molar-refractivity contribution >= 4 is 5.91 Å². The first-order valence-corrected chi connectivity index (χ1v) is 6.79. The molecule has 0 radical (unpaired) electrons. The maximum atomic E-state index is 11.4. The summed E-state index contributed by atoms with van der Waals surface area (Å²) in [5.41, 5.74) is 8.64. The Hall–Kier alpha value is -1.55. The van der Waals surface area contributed by atoms with Crippen LogP contribution in [-0.2, 0) is 11.2 Å². The van der Waals surface area contributed by atoms with Crippen LogP contribution in [-0.4, -0.2) is 31.5 Å². The third-order valence-corrected chi connectivity index (χ3v) is 3.56. The predicted octanol–water partition coefficient (Wildman–Crippen LogP) is 1.88. The number of fused-ring (bicyclic) bond motifs is 1. The van der Waals surface area contributed by atoms with E-state index < -0.39 is 0 Å². The van der Waals surface area contributed by atoms with E-state index in [0.29, 0.717) is 13.0 Å². The Bertz CT molecular complexity index is 457. The normalized spacial score (nSPS) is 17.7. The Morgan fingerprint density at radius 3 is 3.00 bits per heavy atom. The van der Waals surface area contributed by atoms with Gasteiger partial charge in [-0.2, -0.15) is 0 Å². The van der Waals surface area contributed by atoms with Gasteiger partial charge in [-0.25, -0.2) is 0 Å². The molecule has 0 aliphatic heterocycles. The molecule has 1 aliphatic rings. The lowest BCUT2D eigenvalue weighted by molar-refractivity contribution is -0.129. The third-order valence-electron chi connectivity index (χ3n) is 3.56. The van der Waals surface area contributed by atoms with E-state index >= 15 is 0 Å². The van der Waals surface area contributed by atoms with Gasteiger partial charge >= 0.3 is 0 Å². The number of aryl methyl sites for hydroxylation is 1. The van der Waals surface area contributed by atoms with Gasteiger partial charge in [0.25, 0.3) is 0 Å². The van der Waals surface area contributed by atoms with Crippen LogP contribution in [0.4, 0.5) is 0 Å². The van der Waals surface area contributed by atoms with E-state index in [2.05, 4.69) is 6.07 Å². The Kier molecular flexibility index (Phi) is 4.43. The fraction of sp³-hybridized carbons (Fsp3) is 0.533. The maximum Gasteiger partial charge on any atom is 0.225 e. The summed E-state index contributed by atoms with van der Waals surface area (Å²) < 4.78 is 5.64. The zero-order valence-corrected chi connectivity index (χ0v) is 11.7. The van der Waals surface area contributed by atoms with Crippen LogP contribution >= 0.6 is 0 Å². The van der Waals surface area contributed by atoms with E-state index in [1.165, 1.54) is 11.1 Å². The SMILES string of the molecule is CN(C)C(=O)CCOc1ccc2c(c1)[C@@H](N)CCC2.